The molecule has 2 aromatic rings. The number of hydrogen-bond acceptors (Lipinski definition) is 11. The number of nitro benzene ring substituents is 1. The first kappa shape index (κ1) is 25.7. The van der Waals surface area contributed by atoms with Crippen LogP contribution in [0.25, 0.3) is 0 Å². The number of methoxy groups -OCH3 is 1. The Bertz CT molecular complexity index is 1120. The summed E-state index contributed by atoms with van der Waals surface area (Å²) in [6.45, 7) is 1.08. The zero-order valence-electron chi connectivity index (χ0n) is 18.1. The van der Waals surface area contributed by atoms with E-state index in [1.807, 2.05) is 0 Å². The van der Waals surface area contributed by atoms with Crippen LogP contribution in [0.3, 0.4) is 0 Å². The molecule has 0 aromatic heterocycles. The van der Waals surface area contributed by atoms with Crippen molar-refractivity contribution in [2.24, 2.45) is 0 Å². The Kier molecular flexibility index (Phi) is 7.97. The van der Waals surface area contributed by atoms with Crippen LogP contribution in [0.2, 0.25) is 0 Å². The zero-order chi connectivity index (χ0) is 25.0. The molecule has 184 valence electrons. The molecule has 0 amide bonds. The van der Waals surface area contributed by atoms with E-state index in [0.29, 0.717) is 0 Å². The number of nitrogens with zero attached hydrogens (tertiary/aromatic N) is 1. The number of aliphatic hydroxyl groups is 2. The van der Waals surface area contributed by atoms with Crippen LogP contribution in [-0.2, 0) is 28.5 Å². The number of aliphatic hydroxyl groups excluding tert-OH is 2. The van der Waals surface area contributed by atoms with Gasteiger partial charge in [-0.3, -0.25) is 14.3 Å². The van der Waals surface area contributed by atoms with E-state index in [1.54, 1.807) is 19.1 Å². The van der Waals surface area contributed by atoms with Gasteiger partial charge in [-0.05, 0) is 31.2 Å². The van der Waals surface area contributed by atoms with Gasteiger partial charge in [0.15, 0.2) is 18.5 Å². The summed E-state index contributed by atoms with van der Waals surface area (Å²) in [6, 6.07) is 10.2. The highest BCUT2D eigenvalue weighted by molar-refractivity contribution is 7.86. The van der Waals surface area contributed by atoms with Crippen LogP contribution >= 0.6 is 0 Å². The lowest BCUT2D eigenvalue weighted by molar-refractivity contribution is -0.384. The average Bonchev–Trinajstić information content (AvgIpc) is 2.81. The van der Waals surface area contributed by atoms with Gasteiger partial charge in [-0.25, -0.2) is 4.79 Å². The maximum absolute atomic E-state index is 12.9. The number of benzene rings is 2. The second kappa shape index (κ2) is 10.5. The van der Waals surface area contributed by atoms with E-state index in [1.165, 1.54) is 19.2 Å². The highest BCUT2D eigenvalue weighted by atomic mass is 32.2. The molecule has 12 nitrogen and oxygen atoms in total. The van der Waals surface area contributed by atoms with Gasteiger partial charge in [0.1, 0.15) is 12.2 Å². The van der Waals surface area contributed by atoms with Gasteiger partial charge >= 0.3 is 5.97 Å². The number of nitro groups is 1. The third-order valence-electron chi connectivity index (χ3n) is 5.14. The number of rotatable bonds is 8. The summed E-state index contributed by atoms with van der Waals surface area (Å²) in [7, 11) is -3.23. The van der Waals surface area contributed by atoms with E-state index < -0.39 is 58.3 Å². The minimum atomic E-state index is -4.42. The van der Waals surface area contributed by atoms with Crippen LogP contribution in [-0.4, -0.2) is 73.9 Å². The molecule has 1 aliphatic rings. The summed E-state index contributed by atoms with van der Waals surface area (Å²) >= 11 is 0. The molecule has 1 saturated heterocycles. The zero-order valence-corrected chi connectivity index (χ0v) is 19.0. The fourth-order valence-corrected chi connectivity index (χ4v) is 4.36. The number of ether oxygens (including phenoxy) is 3. The van der Waals surface area contributed by atoms with E-state index in [9.17, 15) is 33.5 Å². The van der Waals surface area contributed by atoms with Gasteiger partial charge in [-0.15, -0.1) is 0 Å². The molecule has 3 rings (SSSR count). The maximum Gasteiger partial charge on any atom is 0.338 e. The number of carbonyl (C=O) groups excluding carboxylic acids is 1. The third-order valence-corrected chi connectivity index (χ3v) is 6.46. The van der Waals surface area contributed by atoms with Crippen molar-refractivity contribution in [3.8, 4) is 0 Å². The van der Waals surface area contributed by atoms with Crippen molar-refractivity contribution in [1.82, 2.24) is 0 Å². The SMILES string of the molecule is CO[C@H]1O[C@@H](CO)[C@@H](O)[C@@H](OC(=O)c2ccc([N+](=O)[O-])cc2)[C@H]1OS(=O)(=O)c1ccc(C)cc1. The van der Waals surface area contributed by atoms with Gasteiger partial charge in [0.25, 0.3) is 15.8 Å². The monoisotopic (exact) mass is 497 g/mol. The number of esters is 1. The van der Waals surface area contributed by atoms with Crippen molar-refractivity contribution in [3.63, 3.8) is 0 Å². The summed E-state index contributed by atoms with van der Waals surface area (Å²) in [6.07, 6.45) is -7.68. The van der Waals surface area contributed by atoms with Crippen LogP contribution in [0.15, 0.2) is 53.4 Å². The highest BCUT2D eigenvalue weighted by Gasteiger charge is 2.50. The van der Waals surface area contributed by atoms with E-state index in [4.69, 9.17) is 18.4 Å². The summed E-state index contributed by atoms with van der Waals surface area (Å²) in [5.41, 5.74) is 0.456. The second-order valence-electron chi connectivity index (χ2n) is 7.45. The van der Waals surface area contributed by atoms with Gasteiger partial charge in [0, 0.05) is 19.2 Å². The predicted octanol–water partition coefficient (Wildman–Crippen LogP) is 0.927. The Hall–Kier alpha value is -2.94. The second-order valence-corrected chi connectivity index (χ2v) is 9.03. The average molecular weight is 497 g/mol. The molecule has 0 unspecified atom stereocenters. The van der Waals surface area contributed by atoms with E-state index in [-0.39, 0.29) is 16.1 Å². The Morgan fingerprint density at radius 2 is 1.74 bits per heavy atom. The van der Waals surface area contributed by atoms with Gasteiger partial charge in [0.2, 0.25) is 0 Å². The Labute approximate surface area is 194 Å². The predicted molar refractivity (Wildman–Crippen MR) is 114 cm³/mol. The van der Waals surface area contributed by atoms with Gasteiger partial charge < -0.3 is 24.4 Å². The first-order chi connectivity index (χ1) is 16.1. The number of aryl methyl sites for hydroxylation is 1. The maximum atomic E-state index is 12.9. The molecule has 1 aliphatic heterocycles. The van der Waals surface area contributed by atoms with Crippen LogP contribution in [0, 0.1) is 17.0 Å². The molecular weight excluding hydrogens is 474 g/mol. The molecule has 13 heteroatoms. The van der Waals surface area contributed by atoms with Crippen LogP contribution in [0.5, 0.6) is 0 Å². The minimum absolute atomic E-state index is 0.0982. The molecule has 34 heavy (non-hydrogen) atoms. The standard InChI is InChI=1S/C21H23NO11S/c1-12-3-9-15(10-4-12)34(28,29)33-19-18(17(24)16(11-23)31-21(19)30-2)32-20(25)13-5-7-14(8-6-13)22(26)27/h3-10,16-19,21,23-24H,11H2,1-2H3/t16-,17+,18+,19+,21-/m0/s1. The molecule has 0 spiro atoms. The molecule has 0 saturated carbocycles. The summed E-state index contributed by atoms with van der Waals surface area (Å²) in [5.74, 6) is -1.02. The van der Waals surface area contributed by atoms with Crippen molar-refractivity contribution < 1.29 is 46.7 Å². The molecule has 2 aromatic carbocycles. The number of carbonyl (C=O) groups is 1. The third kappa shape index (κ3) is 5.58. The lowest BCUT2D eigenvalue weighted by Gasteiger charge is -2.42. The van der Waals surface area contributed by atoms with Crippen molar-refractivity contribution in [2.45, 2.75) is 42.5 Å². The molecule has 2 N–H and O–H groups in total. The largest absolute Gasteiger partial charge is 0.453 e. The van der Waals surface area contributed by atoms with Crippen molar-refractivity contribution in [2.75, 3.05) is 13.7 Å². The topological polar surface area (TPSA) is 172 Å². The van der Waals surface area contributed by atoms with Gasteiger partial charge in [-0.1, -0.05) is 17.7 Å². The molecule has 0 radical (unpaired) electrons. The lowest BCUT2D eigenvalue weighted by atomic mass is 9.99. The van der Waals surface area contributed by atoms with Crippen LogP contribution < -0.4 is 0 Å². The fourth-order valence-electron chi connectivity index (χ4n) is 3.29. The van der Waals surface area contributed by atoms with Crippen LogP contribution in [0.1, 0.15) is 15.9 Å². The molecular formula is C21H23NO11S. The fraction of sp³-hybridized carbons (Fsp3) is 0.381. The number of hydrogen-bond donors (Lipinski definition) is 2. The van der Waals surface area contributed by atoms with Gasteiger partial charge in [0.05, 0.1) is 22.0 Å². The Balaban J connectivity index is 1.91. The molecule has 0 bridgehead atoms. The quantitative estimate of drug-likeness (QED) is 0.230. The highest BCUT2D eigenvalue weighted by Crippen LogP contribution is 2.30. The summed E-state index contributed by atoms with van der Waals surface area (Å²) in [5, 5.41) is 31.0. The van der Waals surface area contributed by atoms with Crippen molar-refractivity contribution in [1.29, 1.82) is 0 Å². The Morgan fingerprint density at radius 3 is 2.26 bits per heavy atom. The van der Waals surface area contributed by atoms with E-state index >= 15 is 0 Å². The first-order valence-corrected chi connectivity index (χ1v) is 11.4. The Morgan fingerprint density at radius 1 is 1.12 bits per heavy atom. The lowest BCUT2D eigenvalue weighted by Crippen LogP contribution is -2.61. The first-order valence-electron chi connectivity index (χ1n) is 10.00. The van der Waals surface area contributed by atoms with Crippen molar-refractivity contribution >= 4 is 21.8 Å². The molecule has 1 heterocycles. The summed E-state index contributed by atoms with van der Waals surface area (Å²) < 4.78 is 46.9. The molecule has 5 atom stereocenters. The van der Waals surface area contributed by atoms with Gasteiger partial charge in [-0.2, -0.15) is 8.42 Å². The minimum Gasteiger partial charge on any atom is -0.453 e. The van der Waals surface area contributed by atoms with E-state index in [0.717, 1.165) is 29.8 Å². The summed E-state index contributed by atoms with van der Waals surface area (Å²) in [4.78, 5) is 22.7. The molecule has 0 aliphatic carbocycles. The van der Waals surface area contributed by atoms with Crippen molar-refractivity contribution in [3.05, 3.63) is 69.8 Å². The smallest absolute Gasteiger partial charge is 0.338 e. The van der Waals surface area contributed by atoms with E-state index in [2.05, 4.69) is 0 Å². The number of non-ortho nitro benzene ring substituents is 1. The molecule has 1 fully saturated rings. The normalized spacial score (nSPS) is 25.0. The van der Waals surface area contributed by atoms with Crippen LogP contribution in [0.4, 0.5) is 5.69 Å².